The molecule has 0 amide bonds. The number of methoxy groups -OCH3 is 1. The van der Waals surface area contributed by atoms with Crippen molar-refractivity contribution in [1.82, 2.24) is 0 Å². The van der Waals surface area contributed by atoms with E-state index in [0.717, 1.165) is 17.0 Å². The van der Waals surface area contributed by atoms with Crippen LogP contribution < -0.4 is 4.74 Å². The van der Waals surface area contributed by atoms with Crippen molar-refractivity contribution in [2.75, 3.05) is 7.11 Å². The Labute approximate surface area is 112 Å². The van der Waals surface area contributed by atoms with Gasteiger partial charge >= 0.3 is 0 Å². The first-order valence-corrected chi connectivity index (χ1v) is 5.11. The van der Waals surface area contributed by atoms with Crippen LogP contribution in [0.3, 0.4) is 0 Å². The molecule has 0 aliphatic carbocycles. The minimum Gasteiger partial charge on any atom is -0.497 e. The van der Waals surface area contributed by atoms with Crippen molar-refractivity contribution >= 4 is 28.9 Å². The second-order valence-corrected chi connectivity index (χ2v) is 3.37. The highest BCUT2D eigenvalue weighted by atomic mass is 79.9. The Morgan fingerprint density at radius 3 is 2.18 bits per heavy atom. The van der Waals surface area contributed by atoms with Crippen LogP contribution in [0.2, 0.25) is 0 Å². The lowest BCUT2D eigenvalue weighted by atomic mass is 10.2. The van der Waals surface area contributed by atoms with Gasteiger partial charge in [0.2, 0.25) is 0 Å². The number of rotatable bonds is 3. The highest BCUT2D eigenvalue weighted by Crippen LogP contribution is 2.12. The molecule has 2 aromatic carbocycles. The van der Waals surface area contributed by atoms with Crippen molar-refractivity contribution in [3.63, 3.8) is 0 Å². The Bertz CT molecular complexity index is 465. The number of ether oxygens (including phenoxy) is 1. The smallest absolute Gasteiger partial charge is 0.118 e. The maximum atomic E-state index is 5.09. The number of benzene rings is 2. The van der Waals surface area contributed by atoms with E-state index in [-0.39, 0.29) is 17.0 Å². The van der Waals surface area contributed by atoms with Crippen molar-refractivity contribution in [2.45, 2.75) is 0 Å². The van der Waals surface area contributed by atoms with E-state index in [9.17, 15) is 0 Å². The van der Waals surface area contributed by atoms with Gasteiger partial charge in [0.1, 0.15) is 5.75 Å². The van der Waals surface area contributed by atoms with E-state index in [1.165, 1.54) is 0 Å². The monoisotopic (exact) mass is 291 g/mol. The normalized spacial score (nSPS) is 9.94. The molecule has 0 bridgehead atoms. The van der Waals surface area contributed by atoms with Crippen molar-refractivity contribution in [3.05, 3.63) is 60.2 Å². The fraction of sp³-hybridized carbons (Fsp3) is 0.0714. The number of nitrogens with zero attached hydrogens (tertiary/aromatic N) is 1. The Balaban J connectivity index is 0.00000144. The average molecular weight is 292 g/mol. The quantitative estimate of drug-likeness (QED) is 0.783. The summed E-state index contributed by atoms with van der Waals surface area (Å²) < 4.78 is 5.09. The van der Waals surface area contributed by atoms with Crippen LogP contribution in [0.5, 0.6) is 5.75 Å². The summed E-state index contributed by atoms with van der Waals surface area (Å²) in [5.74, 6) is 0.858. The van der Waals surface area contributed by atoms with Gasteiger partial charge in [-0.1, -0.05) is 18.2 Å². The van der Waals surface area contributed by atoms with E-state index in [4.69, 9.17) is 4.74 Å². The van der Waals surface area contributed by atoms with Crippen molar-refractivity contribution in [1.29, 1.82) is 0 Å². The zero-order valence-corrected chi connectivity index (χ0v) is 11.3. The third-order valence-corrected chi connectivity index (χ3v) is 2.23. The molecular weight excluding hydrogens is 278 g/mol. The first kappa shape index (κ1) is 13.5. The zero-order chi connectivity index (χ0) is 11.2. The standard InChI is InChI=1S/C14H13NO.BrH/c1-16-14-9-7-12(8-10-14)11-15-13-5-3-2-4-6-13;/h2-11H,1H3;1H. The molecule has 17 heavy (non-hydrogen) atoms. The van der Waals surface area contributed by atoms with Crippen LogP contribution >= 0.6 is 17.0 Å². The first-order valence-electron chi connectivity index (χ1n) is 5.11. The molecule has 0 N–H and O–H groups in total. The summed E-state index contributed by atoms with van der Waals surface area (Å²) in [6.07, 6.45) is 1.84. The van der Waals surface area contributed by atoms with Gasteiger partial charge in [0.15, 0.2) is 0 Å². The van der Waals surface area contributed by atoms with Crippen LogP contribution in [-0.2, 0) is 0 Å². The second kappa shape index (κ2) is 6.86. The van der Waals surface area contributed by atoms with Crippen molar-refractivity contribution in [3.8, 4) is 5.75 Å². The molecule has 2 aromatic rings. The molecule has 0 aliphatic heterocycles. The molecule has 0 radical (unpaired) electrons. The predicted molar refractivity (Wildman–Crippen MR) is 77.0 cm³/mol. The summed E-state index contributed by atoms with van der Waals surface area (Å²) in [4.78, 5) is 4.37. The van der Waals surface area contributed by atoms with E-state index in [1.807, 2.05) is 60.8 Å². The summed E-state index contributed by atoms with van der Waals surface area (Å²) in [5, 5.41) is 0. The van der Waals surface area contributed by atoms with Crippen molar-refractivity contribution < 1.29 is 4.74 Å². The summed E-state index contributed by atoms with van der Waals surface area (Å²) in [7, 11) is 1.66. The summed E-state index contributed by atoms with van der Waals surface area (Å²) in [6.45, 7) is 0. The van der Waals surface area contributed by atoms with E-state index >= 15 is 0 Å². The van der Waals surface area contributed by atoms with Gasteiger partial charge in [0.25, 0.3) is 0 Å². The summed E-state index contributed by atoms with van der Waals surface area (Å²) in [5.41, 5.74) is 2.02. The molecule has 2 nitrogen and oxygen atoms in total. The van der Waals surface area contributed by atoms with E-state index in [1.54, 1.807) is 7.11 Å². The lowest BCUT2D eigenvalue weighted by Crippen LogP contribution is -1.84. The number of aliphatic imine (C=N–C) groups is 1. The third kappa shape index (κ3) is 4.04. The van der Waals surface area contributed by atoms with Crippen LogP contribution in [0.25, 0.3) is 0 Å². The molecule has 0 atom stereocenters. The van der Waals surface area contributed by atoms with Gasteiger partial charge in [-0.25, -0.2) is 0 Å². The fourth-order valence-corrected chi connectivity index (χ4v) is 1.35. The Hall–Kier alpha value is -1.61. The minimum atomic E-state index is 0. The molecule has 0 saturated carbocycles. The molecule has 0 fully saturated rings. The maximum Gasteiger partial charge on any atom is 0.118 e. The van der Waals surface area contributed by atoms with Gasteiger partial charge in [-0.2, -0.15) is 0 Å². The molecular formula is C14H14BrNO. The molecule has 0 spiro atoms. The highest BCUT2D eigenvalue weighted by Gasteiger charge is 1.90. The topological polar surface area (TPSA) is 21.6 Å². The third-order valence-electron chi connectivity index (χ3n) is 2.23. The second-order valence-electron chi connectivity index (χ2n) is 3.37. The van der Waals surface area contributed by atoms with Crippen LogP contribution in [-0.4, -0.2) is 13.3 Å². The van der Waals surface area contributed by atoms with E-state index in [0.29, 0.717) is 0 Å². The number of halogens is 1. The summed E-state index contributed by atoms with van der Waals surface area (Å²) >= 11 is 0. The predicted octanol–water partition coefficient (Wildman–Crippen LogP) is 4.02. The number of para-hydroxylation sites is 1. The average Bonchev–Trinajstić information content (AvgIpc) is 2.38. The lowest BCUT2D eigenvalue weighted by Gasteiger charge is -1.98. The van der Waals surface area contributed by atoms with Gasteiger partial charge in [0.05, 0.1) is 12.8 Å². The van der Waals surface area contributed by atoms with Crippen molar-refractivity contribution in [2.24, 2.45) is 4.99 Å². The molecule has 0 unspecified atom stereocenters. The first-order chi connectivity index (χ1) is 7.88. The van der Waals surface area contributed by atoms with E-state index < -0.39 is 0 Å². The lowest BCUT2D eigenvalue weighted by molar-refractivity contribution is 0.415. The Kier molecular flexibility index (Phi) is 5.43. The molecule has 88 valence electrons. The molecule has 0 aromatic heterocycles. The van der Waals surface area contributed by atoms with Crippen LogP contribution in [0.4, 0.5) is 5.69 Å². The van der Waals surface area contributed by atoms with Crippen LogP contribution in [0.1, 0.15) is 5.56 Å². The molecule has 0 aliphatic rings. The zero-order valence-electron chi connectivity index (χ0n) is 9.54. The van der Waals surface area contributed by atoms with E-state index in [2.05, 4.69) is 4.99 Å². The van der Waals surface area contributed by atoms with Gasteiger partial charge < -0.3 is 4.74 Å². The van der Waals surface area contributed by atoms with Crippen LogP contribution in [0.15, 0.2) is 59.6 Å². The van der Waals surface area contributed by atoms with Gasteiger partial charge in [0, 0.05) is 6.21 Å². The SMILES string of the molecule is Br.COc1ccc(C=Nc2ccccc2)cc1. The minimum absolute atomic E-state index is 0. The molecule has 3 heteroatoms. The van der Waals surface area contributed by atoms with Gasteiger partial charge in [-0.15, -0.1) is 17.0 Å². The highest BCUT2D eigenvalue weighted by molar-refractivity contribution is 8.93. The summed E-state index contributed by atoms with van der Waals surface area (Å²) in [6, 6.07) is 17.7. The molecule has 2 rings (SSSR count). The Morgan fingerprint density at radius 2 is 1.59 bits per heavy atom. The number of hydrogen-bond acceptors (Lipinski definition) is 2. The molecule has 0 heterocycles. The fourth-order valence-electron chi connectivity index (χ4n) is 1.35. The van der Waals surface area contributed by atoms with Crippen LogP contribution in [0, 0.1) is 0 Å². The maximum absolute atomic E-state index is 5.09. The van der Waals surface area contributed by atoms with Gasteiger partial charge in [-0.05, 0) is 42.0 Å². The Morgan fingerprint density at radius 1 is 0.941 bits per heavy atom. The largest absolute Gasteiger partial charge is 0.497 e. The number of hydrogen-bond donors (Lipinski definition) is 0. The van der Waals surface area contributed by atoms with Gasteiger partial charge in [-0.3, -0.25) is 4.99 Å². The molecule has 0 saturated heterocycles.